The van der Waals surface area contributed by atoms with E-state index >= 15 is 0 Å². The second kappa shape index (κ2) is 10.5. The Morgan fingerprint density at radius 2 is 1.36 bits per heavy atom. The van der Waals surface area contributed by atoms with Crippen molar-refractivity contribution < 1.29 is 26.4 Å². The molecule has 0 aliphatic rings. The first-order chi connectivity index (χ1) is 11.9. The Hall–Kier alpha value is -2.36. The highest BCUT2D eigenvalue weighted by atomic mass is 35.5. The van der Waals surface area contributed by atoms with Crippen molar-refractivity contribution in [2.75, 3.05) is 19.8 Å². The lowest BCUT2D eigenvalue weighted by molar-refractivity contribution is -0.698. The van der Waals surface area contributed by atoms with E-state index in [1.807, 2.05) is 67.0 Å². The van der Waals surface area contributed by atoms with E-state index in [-0.39, 0.29) is 12.4 Å². The number of rotatable bonds is 8. The second-order valence-corrected chi connectivity index (χ2v) is 5.44. The van der Waals surface area contributed by atoms with E-state index < -0.39 is 0 Å². The largest absolute Gasteiger partial charge is 1.00 e. The fourth-order valence-corrected chi connectivity index (χ4v) is 2.51. The predicted octanol–water partition coefficient (Wildman–Crippen LogP) is 0.741. The Morgan fingerprint density at radius 3 is 2.16 bits per heavy atom. The molecule has 0 aliphatic carbocycles. The molecule has 3 aromatic rings. The Morgan fingerprint density at radius 1 is 0.680 bits per heavy atom. The van der Waals surface area contributed by atoms with Gasteiger partial charge < -0.3 is 21.9 Å². The maximum absolute atomic E-state index is 5.91. The van der Waals surface area contributed by atoms with Gasteiger partial charge in [-0.3, -0.25) is 0 Å². The molecule has 130 valence electrons. The van der Waals surface area contributed by atoms with Crippen LogP contribution in [-0.2, 0) is 11.3 Å². The first-order valence-corrected chi connectivity index (χ1v) is 8.22. The summed E-state index contributed by atoms with van der Waals surface area (Å²) in [5.41, 5.74) is 2.27. The topological polar surface area (TPSA) is 22.3 Å². The average molecular weight is 356 g/mol. The highest BCUT2D eigenvalue weighted by Gasteiger charge is 2.05. The van der Waals surface area contributed by atoms with Crippen molar-refractivity contribution in [1.82, 2.24) is 0 Å². The van der Waals surface area contributed by atoms with Gasteiger partial charge in [0.2, 0.25) is 0 Å². The Balaban J connectivity index is 0.00000225. The zero-order chi connectivity index (χ0) is 16.5. The highest BCUT2D eigenvalue weighted by molar-refractivity contribution is 5.70. The molecule has 0 saturated heterocycles. The molecular weight excluding hydrogens is 334 g/mol. The minimum absolute atomic E-state index is 0. The molecule has 1 aromatic heterocycles. The summed E-state index contributed by atoms with van der Waals surface area (Å²) in [5, 5.41) is 0. The third-order valence-corrected chi connectivity index (χ3v) is 3.73. The number of hydrogen-bond acceptors (Lipinski definition) is 2. The quantitative estimate of drug-likeness (QED) is 0.439. The fourth-order valence-electron chi connectivity index (χ4n) is 2.51. The molecule has 3 rings (SSSR count). The lowest BCUT2D eigenvalue weighted by Gasteiger charge is -2.11. The minimum atomic E-state index is 0. The standard InChI is InChI=1S/C21H22NO2.ClH/c1-3-9-19(10-4-1)20-11-5-6-12-21(20)24-18-17-23-16-15-22-13-7-2-8-14-22;/h1-14H,15-18H2;1H/q+1;/p-1. The first-order valence-electron chi connectivity index (χ1n) is 8.22. The van der Waals surface area contributed by atoms with Crippen LogP contribution in [0.15, 0.2) is 85.2 Å². The minimum Gasteiger partial charge on any atom is -1.00 e. The van der Waals surface area contributed by atoms with Crippen molar-refractivity contribution in [3.8, 4) is 16.9 Å². The fraction of sp³-hybridized carbons (Fsp3) is 0.190. The number of nitrogens with zero attached hydrogens (tertiary/aromatic N) is 1. The molecule has 0 bridgehead atoms. The maximum atomic E-state index is 5.91. The summed E-state index contributed by atoms with van der Waals surface area (Å²) in [6.45, 7) is 2.65. The van der Waals surface area contributed by atoms with Crippen LogP contribution in [0.1, 0.15) is 0 Å². The maximum Gasteiger partial charge on any atom is 0.171 e. The van der Waals surface area contributed by atoms with Crippen molar-refractivity contribution in [3.63, 3.8) is 0 Å². The molecule has 3 nitrogen and oxygen atoms in total. The van der Waals surface area contributed by atoms with Gasteiger partial charge in [-0.25, -0.2) is 4.57 Å². The summed E-state index contributed by atoms with van der Waals surface area (Å²) in [6, 6.07) is 24.4. The molecule has 2 aromatic carbocycles. The molecule has 0 unspecified atom stereocenters. The van der Waals surface area contributed by atoms with Crippen LogP contribution in [0.3, 0.4) is 0 Å². The van der Waals surface area contributed by atoms with E-state index in [1.165, 1.54) is 0 Å². The summed E-state index contributed by atoms with van der Waals surface area (Å²) in [7, 11) is 0. The molecule has 0 aliphatic heterocycles. The van der Waals surface area contributed by atoms with E-state index in [0.29, 0.717) is 19.8 Å². The molecular formula is C21H22ClNO2. The van der Waals surface area contributed by atoms with Crippen molar-refractivity contribution >= 4 is 0 Å². The van der Waals surface area contributed by atoms with E-state index in [0.717, 1.165) is 23.4 Å². The number of aromatic nitrogens is 1. The van der Waals surface area contributed by atoms with Gasteiger partial charge in [-0.05, 0) is 11.6 Å². The Labute approximate surface area is 155 Å². The van der Waals surface area contributed by atoms with Gasteiger partial charge in [-0.2, -0.15) is 0 Å². The number of para-hydroxylation sites is 1. The van der Waals surface area contributed by atoms with E-state index in [9.17, 15) is 0 Å². The third-order valence-electron chi connectivity index (χ3n) is 3.73. The van der Waals surface area contributed by atoms with Crippen LogP contribution in [0.5, 0.6) is 5.75 Å². The third kappa shape index (κ3) is 5.89. The number of halogens is 1. The lowest BCUT2D eigenvalue weighted by atomic mass is 10.1. The van der Waals surface area contributed by atoms with Crippen LogP contribution in [0.4, 0.5) is 0 Å². The number of hydrogen-bond donors (Lipinski definition) is 0. The molecule has 4 heteroatoms. The summed E-state index contributed by atoms with van der Waals surface area (Å²) >= 11 is 0. The molecule has 0 amide bonds. The van der Waals surface area contributed by atoms with Gasteiger partial charge in [0.25, 0.3) is 0 Å². The van der Waals surface area contributed by atoms with Crippen LogP contribution in [0.2, 0.25) is 0 Å². The van der Waals surface area contributed by atoms with Crippen molar-refractivity contribution in [1.29, 1.82) is 0 Å². The van der Waals surface area contributed by atoms with Gasteiger partial charge in [0, 0.05) is 17.7 Å². The van der Waals surface area contributed by atoms with Crippen molar-refractivity contribution in [2.24, 2.45) is 0 Å². The van der Waals surface area contributed by atoms with E-state index in [2.05, 4.69) is 22.8 Å². The molecule has 0 atom stereocenters. The summed E-state index contributed by atoms with van der Waals surface area (Å²) in [4.78, 5) is 0. The lowest BCUT2D eigenvalue weighted by Crippen LogP contribution is -3.00. The average Bonchev–Trinajstić information content (AvgIpc) is 2.66. The van der Waals surface area contributed by atoms with Crippen LogP contribution >= 0.6 is 0 Å². The molecule has 0 spiro atoms. The molecule has 1 heterocycles. The Kier molecular flexibility index (Phi) is 7.96. The van der Waals surface area contributed by atoms with Gasteiger partial charge in [-0.1, -0.05) is 54.6 Å². The van der Waals surface area contributed by atoms with Gasteiger partial charge in [0.15, 0.2) is 18.9 Å². The highest BCUT2D eigenvalue weighted by Crippen LogP contribution is 2.29. The SMILES string of the molecule is [Cl-].c1ccc(-c2ccccc2OCCOCC[n+]2ccccc2)cc1. The first kappa shape index (κ1) is 19.0. The van der Waals surface area contributed by atoms with E-state index in [1.54, 1.807) is 0 Å². The molecule has 0 radical (unpaired) electrons. The van der Waals surface area contributed by atoms with Crippen LogP contribution in [0, 0.1) is 0 Å². The van der Waals surface area contributed by atoms with Crippen LogP contribution in [-0.4, -0.2) is 19.8 Å². The van der Waals surface area contributed by atoms with Gasteiger partial charge in [-0.15, -0.1) is 0 Å². The molecule has 0 N–H and O–H groups in total. The van der Waals surface area contributed by atoms with E-state index in [4.69, 9.17) is 9.47 Å². The van der Waals surface area contributed by atoms with Gasteiger partial charge >= 0.3 is 0 Å². The summed E-state index contributed by atoms with van der Waals surface area (Å²) in [5.74, 6) is 0.893. The predicted molar refractivity (Wildman–Crippen MR) is 94.8 cm³/mol. The monoisotopic (exact) mass is 355 g/mol. The second-order valence-electron chi connectivity index (χ2n) is 5.44. The number of benzene rings is 2. The number of pyridine rings is 1. The number of ether oxygens (including phenoxy) is 2. The van der Waals surface area contributed by atoms with Gasteiger partial charge in [0.1, 0.15) is 19.0 Å². The van der Waals surface area contributed by atoms with Crippen molar-refractivity contribution in [2.45, 2.75) is 6.54 Å². The van der Waals surface area contributed by atoms with Gasteiger partial charge in [0.05, 0.1) is 6.61 Å². The zero-order valence-corrected chi connectivity index (χ0v) is 14.8. The summed E-state index contributed by atoms with van der Waals surface area (Å²) < 4.78 is 13.7. The molecule has 0 fully saturated rings. The normalized spacial score (nSPS) is 10.1. The van der Waals surface area contributed by atoms with Crippen molar-refractivity contribution in [3.05, 3.63) is 85.2 Å². The smallest absolute Gasteiger partial charge is 0.171 e. The summed E-state index contributed by atoms with van der Waals surface area (Å²) in [6.07, 6.45) is 4.08. The van der Waals surface area contributed by atoms with Crippen LogP contribution < -0.4 is 21.7 Å². The molecule has 25 heavy (non-hydrogen) atoms. The van der Waals surface area contributed by atoms with Crippen LogP contribution in [0.25, 0.3) is 11.1 Å². The Bertz CT molecular complexity index is 735. The molecule has 0 saturated carbocycles. The zero-order valence-electron chi connectivity index (χ0n) is 14.1.